The molecule has 8 heteroatoms. The number of carbonyl (C=O) groups excluding carboxylic acids is 2. The molecule has 1 aliphatic carbocycles. The van der Waals surface area contributed by atoms with Crippen LogP contribution in [0.2, 0.25) is 0 Å². The van der Waals surface area contributed by atoms with Gasteiger partial charge in [0.1, 0.15) is 12.2 Å². The van der Waals surface area contributed by atoms with E-state index in [1.54, 1.807) is 6.07 Å². The zero-order valence-corrected chi connectivity index (χ0v) is 18.7. The van der Waals surface area contributed by atoms with Crippen molar-refractivity contribution in [2.24, 2.45) is 0 Å². The number of nitrogens with zero attached hydrogens (tertiary/aromatic N) is 2. The fourth-order valence-corrected chi connectivity index (χ4v) is 3.07. The minimum absolute atomic E-state index is 0.187. The predicted molar refractivity (Wildman–Crippen MR) is 115 cm³/mol. The zero-order valence-electron chi connectivity index (χ0n) is 18.7. The van der Waals surface area contributed by atoms with Gasteiger partial charge in [-0.15, -0.1) is 0 Å². The van der Waals surface area contributed by atoms with Gasteiger partial charge in [0.25, 0.3) is 0 Å². The maximum Gasteiger partial charge on any atom is 0.408 e. The first-order valence-corrected chi connectivity index (χ1v) is 10.3. The molecular formula is C23H30N4O4. The lowest BCUT2D eigenvalue weighted by Crippen LogP contribution is -2.42. The molecule has 1 heterocycles. The van der Waals surface area contributed by atoms with Gasteiger partial charge in [0.05, 0.1) is 22.5 Å². The van der Waals surface area contributed by atoms with Crippen LogP contribution in [-0.4, -0.2) is 28.0 Å². The number of hydrogen-bond acceptors (Lipinski definition) is 6. The molecule has 0 bridgehead atoms. The van der Waals surface area contributed by atoms with Gasteiger partial charge in [0.2, 0.25) is 0 Å². The van der Waals surface area contributed by atoms with Gasteiger partial charge in [-0.05, 0) is 65.2 Å². The van der Waals surface area contributed by atoms with Crippen molar-refractivity contribution >= 4 is 12.2 Å². The van der Waals surface area contributed by atoms with Crippen LogP contribution in [0.4, 0.5) is 9.59 Å². The Morgan fingerprint density at radius 1 is 0.968 bits per heavy atom. The fraction of sp³-hybridized carbons (Fsp3) is 0.478. The molecule has 3 rings (SSSR count). The summed E-state index contributed by atoms with van der Waals surface area (Å²) in [5.41, 5.74) is 0.271. The molecule has 31 heavy (non-hydrogen) atoms. The Morgan fingerprint density at radius 3 is 2.19 bits per heavy atom. The summed E-state index contributed by atoms with van der Waals surface area (Å²) >= 11 is 0. The Kier molecular flexibility index (Phi) is 6.20. The van der Waals surface area contributed by atoms with E-state index in [0.29, 0.717) is 11.4 Å². The highest BCUT2D eigenvalue weighted by Crippen LogP contribution is 2.44. The second kappa shape index (κ2) is 8.53. The Bertz CT molecular complexity index is 917. The van der Waals surface area contributed by atoms with Crippen LogP contribution in [0, 0.1) is 0 Å². The maximum atomic E-state index is 12.2. The molecular weight excluding hydrogens is 396 g/mol. The smallest absolute Gasteiger partial charge is 0.408 e. The van der Waals surface area contributed by atoms with Gasteiger partial charge in [-0.25, -0.2) is 9.59 Å². The van der Waals surface area contributed by atoms with Gasteiger partial charge in [-0.3, -0.25) is 0 Å². The Hall–Kier alpha value is -3.16. The van der Waals surface area contributed by atoms with Gasteiger partial charge in [-0.2, -0.15) is 10.2 Å². The van der Waals surface area contributed by atoms with Crippen LogP contribution < -0.4 is 10.6 Å². The van der Waals surface area contributed by atoms with Gasteiger partial charge >= 0.3 is 12.2 Å². The standard InChI is InChI=1S/C23H30N4O4/c1-21(2,3)31-20(29)25-23(13-14-23)18-12-11-17(26-27-18)22(4,5)24-19(28)30-15-16-9-7-6-8-10-16/h6-12H,13-15H2,1-5H3,(H,24,28)(H,25,29). The van der Waals surface area contributed by atoms with E-state index < -0.39 is 28.9 Å². The Labute approximate surface area is 182 Å². The lowest BCUT2D eigenvalue weighted by Gasteiger charge is -2.26. The molecule has 1 fully saturated rings. The lowest BCUT2D eigenvalue weighted by atomic mass is 10.00. The molecule has 166 valence electrons. The molecule has 1 saturated carbocycles. The average Bonchev–Trinajstić information content (AvgIpc) is 3.46. The van der Waals surface area contributed by atoms with Crippen LogP contribution in [0.1, 0.15) is 64.4 Å². The van der Waals surface area contributed by atoms with Gasteiger partial charge in [0, 0.05) is 0 Å². The molecule has 0 aliphatic heterocycles. The number of benzene rings is 1. The highest BCUT2D eigenvalue weighted by atomic mass is 16.6. The molecule has 0 atom stereocenters. The third-order valence-electron chi connectivity index (χ3n) is 4.91. The summed E-state index contributed by atoms with van der Waals surface area (Å²) in [7, 11) is 0. The number of nitrogens with one attached hydrogen (secondary N) is 2. The highest BCUT2D eigenvalue weighted by Gasteiger charge is 2.48. The molecule has 2 N–H and O–H groups in total. The van der Waals surface area contributed by atoms with Crippen molar-refractivity contribution in [1.82, 2.24) is 20.8 Å². The summed E-state index contributed by atoms with van der Waals surface area (Å²) in [6.45, 7) is 9.30. The normalized spacial score (nSPS) is 15.0. The van der Waals surface area contributed by atoms with Gasteiger partial charge in [0.15, 0.2) is 0 Å². The first kappa shape index (κ1) is 22.5. The topological polar surface area (TPSA) is 102 Å². The van der Waals surface area contributed by atoms with Crippen molar-refractivity contribution in [2.45, 2.75) is 70.7 Å². The molecule has 1 aliphatic rings. The summed E-state index contributed by atoms with van der Waals surface area (Å²) in [4.78, 5) is 24.4. The zero-order chi connectivity index (χ0) is 22.7. The van der Waals surface area contributed by atoms with E-state index in [0.717, 1.165) is 18.4 Å². The van der Waals surface area contributed by atoms with Crippen LogP contribution >= 0.6 is 0 Å². The van der Waals surface area contributed by atoms with Crippen molar-refractivity contribution in [1.29, 1.82) is 0 Å². The minimum atomic E-state index is -0.783. The summed E-state index contributed by atoms with van der Waals surface area (Å²) in [5, 5.41) is 14.3. The van der Waals surface area contributed by atoms with Crippen LogP contribution in [0.5, 0.6) is 0 Å². The third-order valence-corrected chi connectivity index (χ3v) is 4.91. The number of carbonyl (C=O) groups is 2. The summed E-state index contributed by atoms with van der Waals surface area (Å²) in [5.74, 6) is 0. The number of hydrogen-bond donors (Lipinski definition) is 2. The fourth-order valence-electron chi connectivity index (χ4n) is 3.07. The molecule has 2 amide bonds. The molecule has 0 radical (unpaired) electrons. The molecule has 8 nitrogen and oxygen atoms in total. The van der Waals surface area contributed by atoms with Crippen molar-refractivity contribution < 1.29 is 19.1 Å². The van der Waals surface area contributed by atoms with Crippen LogP contribution in [-0.2, 0) is 27.2 Å². The minimum Gasteiger partial charge on any atom is -0.445 e. The van der Waals surface area contributed by atoms with E-state index in [-0.39, 0.29) is 6.61 Å². The number of ether oxygens (including phenoxy) is 2. The number of rotatable bonds is 6. The van der Waals surface area contributed by atoms with Crippen LogP contribution in [0.3, 0.4) is 0 Å². The number of aromatic nitrogens is 2. The van der Waals surface area contributed by atoms with E-state index in [4.69, 9.17) is 9.47 Å². The Morgan fingerprint density at radius 2 is 1.65 bits per heavy atom. The SMILES string of the molecule is CC(C)(C)OC(=O)NC1(c2ccc(C(C)(C)NC(=O)OCc3ccccc3)nn2)CC1. The lowest BCUT2D eigenvalue weighted by molar-refractivity contribution is 0.0493. The maximum absolute atomic E-state index is 12.2. The summed E-state index contributed by atoms with van der Waals surface area (Å²) in [6, 6.07) is 13.1. The van der Waals surface area contributed by atoms with E-state index in [9.17, 15) is 9.59 Å². The van der Waals surface area contributed by atoms with Crippen molar-refractivity contribution in [3.8, 4) is 0 Å². The summed E-state index contributed by atoms with van der Waals surface area (Å²) < 4.78 is 10.6. The highest BCUT2D eigenvalue weighted by molar-refractivity contribution is 5.70. The van der Waals surface area contributed by atoms with E-state index in [1.807, 2.05) is 71.0 Å². The summed E-state index contributed by atoms with van der Waals surface area (Å²) in [6.07, 6.45) is 0.533. The molecule has 0 saturated heterocycles. The van der Waals surface area contributed by atoms with Gasteiger partial charge < -0.3 is 20.1 Å². The monoisotopic (exact) mass is 426 g/mol. The second-order valence-electron chi connectivity index (χ2n) is 9.32. The largest absolute Gasteiger partial charge is 0.445 e. The quantitative estimate of drug-likeness (QED) is 0.719. The van der Waals surface area contributed by atoms with E-state index >= 15 is 0 Å². The second-order valence-corrected chi connectivity index (χ2v) is 9.32. The molecule has 1 aromatic carbocycles. The molecule has 2 aromatic rings. The van der Waals surface area contributed by atoms with Crippen molar-refractivity contribution in [3.63, 3.8) is 0 Å². The molecule has 0 unspecified atom stereocenters. The average molecular weight is 427 g/mol. The molecule has 1 aromatic heterocycles. The first-order valence-electron chi connectivity index (χ1n) is 10.3. The number of alkyl carbamates (subject to hydrolysis) is 2. The number of amides is 2. The van der Waals surface area contributed by atoms with Crippen LogP contribution in [0.15, 0.2) is 42.5 Å². The predicted octanol–water partition coefficient (Wildman–Crippen LogP) is 4.15. The van der Waals surface area contributed by atoms with Crippen molar-refractivity contribution in [3.05, 3.63) is 59.4 Å². The van der Waals surface area contributed by atoms with Gasteiger partial charge in [-0.1, -0.05) is 30.3 Å². The van der Waals surface area contributed by atoms with E-state index in [2.05, 4.69) is 20.8 Å². The van der Waals surface area contributed by atoms with E-state index in [1.165, 1.54) is 0 Å². The van der Waals surface area contributed by atoms with Crippen LogP contribution in [0.25, 0.3) is 0 Å². The first-order chi connectivity index (χ1) is 14.5. The molecule has 0 spiro atoms. The van der Waals surface area contributed by atoms with Crippen molar-refractivity contribution in [2.75, 3.05) is 0 Å². The third kappa shape index (κ3) is 6.16. The Balaban J connectivity index is 1.59.